The number of hydrogen-bond donors (Lipinski definition) is 1. The molecule has 0 radical (unpaired) electrons. The Balaban J connectivity index is 0.00000140. The Bertz CT molecular complexity index is 942. The van der Waals surface area contributed by atoms with Crippen LogP contribution < -0.4 is 0 Å². The van der Waals surface area contributed by atoms with Crippen LogP contribution in [0.4, 0.5) is 0 Å². The van der Waals surface area contributed by atoms with Gasteiger partial charge in [-0.15, -0.1) is 24.8 Å². The summed E-state index contributed by atoms with van der Waals surface area (Å²) >= 11 is 0. The van der Waals surface area contributed by atoms with Gasteiger partial charge >= 0.3 is 0 Å². The minimum Gasteiger partial charge on any atom is -0.376 e. The van der Waals surface area contributed by atoms with Gasteiger partial charge in [0.15, 0.2) is 0 Å². The maximum absolute atomic E-state index is 12.1. The molecule has 1 aliphatic carbocycles. The fourth-order valence-corrected chi connectivity index (χ4v) is 3.84. The standard InChI is InChI=1S/C25H22O.2ClH.Ti/c1-19-11-10-17-22(19)23-16-8-9-18-24(23)25(26,20-12-4-2-5-13-20)21-14-6-3-7-15-21;;;/h2-16,18,26H,17H2,1H3;2*1H;. The molecule has 0 saturated carbocycles. The van der Waals surface area contributed by atoms with E-state index in [-0.39, 0.29) is 46.5 Å². The van der Waals surface area contributed by atoms with Gasteiger partial charge in [0, 0.05) is 27.3 Å². The van der Waals surface area contributed by atoms with E-state index in [2.05, 4.69) is 25.1 Å². The molecule has 0 saturated heterocycles. The van der Waals surface area contributed by atoms with Crippen LogP contribution in [0.25, 0.3) is 5.57 Å². The summed E-state index contributed by atoms with van der Waals surface area (Å²) in [6.45, 7) is 2.14. The fourth-order valence-electron chi connectivity index (χ4n) is 3.84. The Morgan fingerprint density at radius 3 is 1.69 bits per heavy atom. The summed E-state index contributed by atoms with van der Waals surface area (Å²) in [4.78, 5) is 0. The van der Waals surface area contributed by atoms with Crippen LogP contribution in [-0.4, -0.2) is 5.11 Å². The van der Waals surface area contributed by atoms with Gasteiger partial charge in [0.1, 0.15) is 5.60 Å². The summed E-state index contributed by atoms with van der Waals surface area (Å²) in [6.07, 6.45) is 5.25. The molecule has 0 aromatic heterocycles. The molecule has 29 heavy (non-hydrogen) atoms. The largest absolute Gasteiger partial charge is 0.376 e. The average molecular weight is 459 g/mol. The topological polar surface area (TPSA) is 20.2 Å². The molecular formula is C25H24Cl2OTi. The molecule has 1 nitrogen and oxygen atoms in total. The summed E-state index contributed by atoms with van der Waals surface area (Å²) in [6, 6.07) is 28.1. The summed E-state index contributed by atoms with van der Waals surface area (Å²) < 4.78 is 0. The quantitative estimate of drug-likeness (QED) is 0.347. The van der Waals surface area contributed by atoms with Gasteiger partial charge in [-0.3, -0.25) is 0 Å². The minimum atomic E-state index is -1.20. The average Bonchev–Trinajstić information content (AvgIpc) is 3.14. The first-order valence-corrected chi connectivity index (χ1v) is 9.01. The van der Waals surface area contributed by atoms with Crippen molar-refractivity contribution in [2.45, 2.75) is 18.9 Å². The Morgan fingerprint density at radius 2 is 1.21 bits per heavy atom. The maximum atomic E-state index is 12.1. The number of allylic oxidation sites excluding steroid dienone is 4. The first-order chi connectivity index (χ1) is 12.7. The predicted molar refractivity (Wildman–Crippen MR) is 122 cm³/mol. The van der Waals surface area contributed by atoms with Crippen molar-refractivity contribution in [1.82, 2.24) is 0 Å². The van der Waals surface area contributed by atoms with Crippen molar-refractivity contribution < 1.29 is 26.8 Å². The smallest absolute Gasteiger partial charge is 0.141 e. The fraction of sp³-hybridized carbons (Fsp3) is 0.120. The second-order valence-electron chi connectivity index (χ2n) is 6.76. The van der Waals surface area contributed by atoms with Gasteiger partial charge in [-0.1, -0.05) is 97.1 Å². The molecule has 1 N–H and O–H groups in total. The molecule has 0 heterocycles. The van der Waals surface area contributed by atoms with E-state index in [1.807, 2.05) is 78.9 Å². The van der Waals surface area contributed by atoms with Crippen molar-refractivity contribution in [2.24, 2.45) is 0 Å². The molecule has 1 aliphatic rings. The van der Waals surface area contributed by atoms with E-state index in [0.717, 1.165) is 28.7 Å². The van der Waals surface area contributed by atoms with Crippen LogP contribution in [0.3, 0.4) is 0 Å². The van der Waals surface area contributed by atoms with E-state index >= 15 is 0 Å². The van der Waals surface area contributed by atoms with E-state index in [1.165, 1.54) is 11.1 Å². The zero-order valence-electron chi connectivity index (χ0n) is 16.2. The molecule has 148 valence electrons. The first kappa shape index (κ1) is 25.4. The Morgan fingerprint density at radius 1 is 0.724 bits per heavy atom. The molecule has 0 atom stereocenters. The number of benzene rings is 3. The minimum absolute atomic E-state index is 0. The van der Waals surface area contributed by atoms with Crippen molar-refractivity contribution in [1.29, 1.82) is 0 Å². The molecule has 0 aliphatic heterocycles. The van der Waals surface area contributed by atoms with E-state index in [1.54, 1.807) is 0 Å². The zero-order valence-corrected chi connectivity index (χ0v) is 19.4. The second-order valence-corrected chi connectivity index (χ2v) is 6.76. The number of rotatable bonds is 4. The van der Waals surface area contributed by atoms with E-state index in [9.17, 15) is 5.11 Å². The third-order valence-electron chi connectivity index (χ3n) is 5.19. The van der Waals surface area contributed by atoms with E-state index in [4.69, 9.17) is 0 Å². The first-order valence-electron chi connectivity index (χ1n) is 9.01. The molecule has 3 aromatic rings. The Labute approximate surface area is 200 Å². The van der Waals surface area contributed by atoms with Crippen LogP contribution in [0.5, 0.6) is 0 Å². The molecule has 0 bridgehead atoms. The van der Waals surface area contributed by atoms with Gasteiger partial charge in [0.25, 0.3) is 0 Å². The SMILES string of the molecule is CC1=C(c2ccccc2C(O)(c2ccccc2)c2ccccc2)CC=C1.Cl.Cl.[Ti]. The summed E-state index contributed by atoms with van der Waals surface area (Å²) in [5.74, 6) is 0. The van der Waals surface area contributed by atoms with Crippen LogP contribution in [0, 0.1) is 0 Å². The van der Waals surface area contributed by atoms with Crippen molar-refractivity contribution in [3.63, 3.8) is 0 Å². The normalized spacial score (nSPS) is 12.6. The molecular weight excluding hydrogens is 435 g/mol. The van der Waals surface area contributed by atoms with Gasteiger partial charge in [-0.2, -0.15) is 0 Å². The number of aliphatic hydroxyl groups is 1. The van der Waals surface area contributed by atoms with Crippen LogP contribution in [-0.2, 0) is 27.3 Å². The third kappa shape index (κ3) is 4.77. The van der Waals surface area contributed by atoms with Gasteiger partial charge < -0.3 is 5.11 Å². The van der Waals surface area contributed by atoms with Crippen molar-refractivity contribution in [3.8, 4) is 0 Å². The van der Waals surface area contributed by atoms with Crippen molar-refractivity contribution in [3.05, 3.63) is 125 Å². The molecule has 0 fully saturated rings. The molecule has 3 aromatic carbocycles. The summed E-state index contributed by atoms with van der Waals surface area (Å²) in [7, 11) is 0. The van der Waals surface area contributed by atoms with Gasteiger partial charge in [-0.05, 0) is 41.2 Å². The van der Waals surface area contributed by atoms with Gasteiger partial charge in [0.2, 0.25) is 0 Å². The predicted octanol–water partition coefficient (Wildman–Crippen LogP) is 6.55. The van der Waals surface area contributed by atoms with E-state index < -0.39 is 5.60 Å². The van der Waals surface area contributed by atoms with Crippen molar-refractivity contribution >= 4 is 30.4 Å². The third-order valence-corrected chi connectivity index (χ3v) is 5.19. The second kappa shape index (κ2) is 11.0. The monoisotopic (exact) mass is 458 g/mol. The van der Waals surface area contributed by atoms with Gasteiger partial charge in [0.05, 0.1) is 0 Å². The van der Waals surface area contributed by atoms with Crippen LogP contribution in [0.1, 0.15) is 35.6 Å². The Hall–Kier alpha value is -1.61. The van der Waals surface area contributed by atoms with E-state index in [0.29, 0.717) is 0 Å². The summed E-state index contributed by atoms with van der Waals surface area (Å²) in [5, 5.41) is 12.1. The molecule has 0 amide bonds. The summed E-state index contributed by atoms with van der Waals surface area (Å²) in [5.41, 5.74) is 5.15. The zero-order chi connectivity index (χ0) is 18.0. The molecule has 4 rings (SSSR count). The van der Waals surface area contributed by atoms with Crippen LogP contribution in [0.15, 0.2) is 103 Å². The number of hydrogen-bond acceptors (Lipinski definition) is 1. The molecule has 0 spiro atoms. The molecule has 4 heteroatoms. The van der Waals surface area contributed by atoms with Crippen LogP contribution in [0.2, 0.25) is 0 Å². The van der Waals surface area contributed by atoms with Crippen LogP contribution >= 0.6 is 24.8 Å². The van der Waals surface area contributed by atoms with Gasteiger partial charge in [-0.25, -0.2) is 0 Å². The number of halogens is 2. The maximum Gasteiger partial charge on any atom is 0.141 e. The molecule has 0 unspecified atom stereocenters. The van der Waals surface area contributed by atoms with Crippen molar-refractivity contribution in [2.75, 3.05) is 0 Å². The Kier molecular flexibility index (Phi) is 9.62.